The largest absolute Gasteiger partial charge is 0.481 e. The molecule has 1 N–H and O–H groups in total. The molecule has 0 amide bonds. The molecule has 4 rings (SSSR count). The topological polar surface area (TPSA) is 55.1 Å². The molecule has 0 aliphatic carbocycles. The van der Waals surface area contributed by atoms with Gasteiger partial charge in [-0.2, -0.15) is 0 Å². The number of hydrogen-bond acceptors (Lipinski definition) is 2. The fraction of sp³-hybridized carbons (Fsp3) is 0.130. The smallest absolute Gasteiger partial charge is 0.307 e. The van der Waals surface area contributed by atoms with Crippen LogP contribution in [-0.2, 0) is 17.8 Å². The second-order valence-corrected chi connectivity index (χ2v) is 7.37. The molecule has 0 aliphatic rings. The van der Waals surface area contributed by atoms with Crippen molar-refractivity contribution < 1.29 is 14.3 Å². The average Bonchev–Trinajstić information content (AvgIpc) is 3.07. The van der Waals surface area contributed by atoms with Gasteiger partial charge >= 0.3 is 5.97 Å². The molecule has 4 nitrogen and oxygen atoms in total. The number of halogens is 2. The van der Waals surface area contributed by atoms with E-state index in [2.05, 4.69) is 0 Å². The van der Waals surface area contributed by atoms with Crippen molar-refractivity contribution in [1.29, 1.82) is 0 Å². The maximum Gasteiger partial charge on any atom is 0.307 e. The van der Waals surface area contributed by atoms with Crippen molar-refractivity contribution in [2.45, 2.75) is 19.9 Å². The molecule has 2 heterocycles. The van der Waals surface area contributed by atoms with Crippen molar-refractivity contribution >= 4 is 28.6 Å². The molecule has 2 aromatic heterocycles. The Hall–Kier alpha value is -3.18. The maximum absolute atomic E-state index is 13.2. The van der Waals surface area contributed by atoms with E-state index in [1.807, 2.05) is 35.9 Å². The Kier molecular flexibility index (Phi) is 5.07. The van der Waals surface area contributed by atoms with Crippen LogP contribution in [0.25, 0.3) is 22.2 Å². The Labute approximate surface area is 172 Å². The van der Waals surface area contributed by atoms with Crippen LogP contribution in [0, 0.1) is 12.7 Å². The van der Waals surface area contributed by atoms with E-state index in [0.29, 0.717) is 22.8 Å². The first-order chi connectivity index (χ1) is 13.9. The van der Waals surface area contributed by atoms with Crippen molar-refractivity contribution in [3.8, 4) is 11.1 Å². The molecule has 4 aromatic rings. The second-order valence-electron chi connectivity index (χ2n) is 6.94. The van der Waals surface area contributed by atoms with Gasteiger partial charge in [0.05, 0.1) is 6.42 Å². The number of carbonyl (C=O) groups is 1. The number of fused-ring (bicyclic) bond motifs is 1. The Morgan fingerprint density at radius 1 is 1.10 bits per heavy atom. The first kappa shape index (κ1) is 19.2. The Morgan fingerprint density at radius 2 is 1.79 bits per heavy atom. The minimum atomic E-state index is -0.907. The quantitative estimate of drug-likeness (QED) is 0.475. The van der Waals surface area contributed by atoms with Gasteiger partial charge in [0, 0.05) is 28.8 Å². The molecule has 2 aromatic carbocycles. The number of carboxylic acid groups (broad SMARTS) is 1. The zero-order valence-electron chi connectivity index (χ0n) is 15.7. The summed E-state index contributed by atoms with van der Waals surface area (Å²) in [6, 6.07) is 15.7. The summed E-state index contributed by atoms with van der Waals surface area (Å²) in [5, 5.41) is 10.9. The fourth-order valence-corrected chi connectivity index (χ4v) is 3.71. The zero-order chi connectivity index (χ0) is 20.5. The van der Waals surface area contributed by atoms with Gasteiger partial charge in [0.25, 0.3) is 0 Å². The van der Waals surface area contributed by atoms with E-state index >= 15 is 0 Å². The van der Waals surface area contributed by atoms with Crippen LogP contribution >= 0.6 is 11.6 Å². The molecule has 0 atom stereocenters. The van der Waals surface area contributed by atoms with Crippen LogP contribution in [0.3, 0.4) is 0 Å². The molecule has 0 spiro atoms. The van der Waals surface area contributed by atoms with Crippen LogP contribution in [0.4, 0.5) is 4.39 Å². The molecular weight excluding hydrogens is 391 g/mol. The first-order valence-electron chi connectivity index (χ1n) is 9.13. The van der Waals surface area contributed by atoms with Crippen molar-refractivity contribution in [2.75, 3.05) is 0 Å². The van der Waals surface area contributed by atoms with Crippen LogP contribution in [0.5, 0.6) is 0 Å². The number of aromatic nitrogens is 2. The minimum Gasteiger partial charge on any atom is -0.481 e. The van der Waals surface area contributed by atoms with Crippen molar-refractivity contribution in [2.24, 2.45) is 0 Å². The van der Waals surface area contributed by atoms with Crippen LogP contribution in [-0.4, -0.2) is 20.6 Å². The monoisotopic (exact) mass is 408 g/mol. The highest BCUT2D eigenvalue weighted by Crippen LogP contribution is 2.35. The Bertz CT molecular complexity index is 1200. The molecule has 6 heteroatoms. The molecule has 29 heavy (non-hydrogen) atoms. The molecule has 0 aliphatic heterocycles. The summed E-state index contributed by atoms with van der Waals surface area (Å²) in [6.07, 6.45) is 1.81. The maximum atomic E-state index is 13.2. The molecule has 146 valence electrons. The SMILES string of the molecule is Cc1nc2c(ccn2Cc2ccc(F)cc2)c(-c2ccc(Cl)cc2)c1CC(=O)O. The summed E-state index contributed by atoms with van der Waals surface area (Å²) in [7, 11) is 0. The van der Waals surface area contributed by atoms with Crippen molar-refractivity contribution in [3.63, 3.8) is 0 Å². The van der Waals surface area contributed by atoms with Crippen LogP contribution in [0.15, 0.2) is 60.8 Å². The lowest BCUT2D eigenvalue weighted by atomic mass is 9.94. The van der Waals surface area contributed by atoms with E-state index in [4.69, 9.17) is 16.6 Å². The number of aryl methyl sites for hydroxylation is 1. The second kappa shape index (κ2) is 7.68. The third kappa shape index (κ3) is 3.87. The van der Waals surface area contributed by atoms with Crippen LogP contribution < -0.4 is 0 Å². The van der Waals surface area contributed by atoms with Crippen molar-refractivity contribution in [3.05, 3.63) is 88.5 Å². The normalized spacial score (nSPS) is 11.1. The summed E-state index contributed by atoms with van der Waals surface area (Å²) < 4.78 is 15.2. The number of hydrogen-bond donors (Lipinski definition) is 1. The molecule has 0 unspecified atom stereocenters. The highest BCUT2D eigenvalue weighted by molar-refractivity contribution is 6.30. The summed E-state index contributed by atoms with van der Waals surface area (Å²) in [5.41, 5.74) is 4.80. The standard InChI is InChI=1S/C23H18ClFN2O2/c1-14-20(12-21(28)29)22(16-4-6-17(24)7-5-16)19-10-11-27(23(19)26-14)13-15-2-8-18(25)9-3-15/h2-11H,12-13H2,1H3,(H,28,29). The van der Waals surface area contributed by atoms with E-state index in [-0.39, 0.29) is 12.2 Å². The fourth-order valence-electron chi connectivity index (χ4n) is 3.58. The number of rotatable bonds is 5. The first-order valence-corrected chi connectivity index (χ1v) is 9.50. The number of carboxylic acids is 1. The van der Waals surface area contributed by atoms with Gasteiger partial charge in [-0.3, -0.25) is 4.79 Å². The number of nitrogens with zero attached hydrogens (tertiary/aromatic N) is 2. The van der Waals surface area contributed by atoms with E-state index in [1.54, 1.807) is 24.3 Å². The summed E-state index contributed by atoms with van der Waals surface area (Å²) in [4.78, 5) is 16.2. The lowest BCUT2D eigenvalue weighted by Gasteiger charge is -2.14. The Balaban J connectivity index is 1.90. The molecule has 0 saturated carbocycles. The highest BCUT2D eigenvalue weighted by Gasteiger charge is 2.19. The number of pyridine rings is 1. The minimum absolute atomic E-state index is 0.115. The van der Waals surface area contributed by atoms with E-state index in [9.17, 15) is 14.3 Å². The zero-order valence-corrected chi connectivity index (χ0v) is 16.4. The number of aliphatic carboxylic acids is 1. The van der Waals surface area contributed by atoms with Gasteiger partial charge in [0.2, 0.25) is 0 Å². The van der Waals surface area contributed by atoms with Crippen LogP contribution in [0.2, 0.25) is 5.02 Å². The van der Waals surface area contributed by atoms with E-state index in [0.717, 1.165) is 27.7 Å². The van der Waals surface area contributed by atoms with Crippen molar-refractivity contribution in [1.82, 2.24) is 9.55 Å². The molecule has 0 bridgehead atoms. The van der Waals surface area contributed by atoms with Gasteiger partial charge in [-0.25, -0.2) is 9.37 Å². The predicted octanol–water partition coefficient (Wildman–Crippen LogP) is 5.48. The van der Waals surface area contributed by atoms with E-state index in [1.165, 1.54) is 12.1 Å². The van der Waals surface area contributed by atoms with Gasteiger partial charge in [-0.05, 0) is 59.5 Å². The van der Waals surface area contributed by atoms with Gasteiger partial charge in [-0.1, -0.05) is 35.9 Å². The Morgan fingerprint density at radius 3 is 2.45 bits per heavy atom. The van der Waals surface area contributed by atoms with E-state index < -0.39 is 5.97 Å². The highest BCUT2D eigenvalue weighted by atomic mass is 35.5. The molecular formula is C23H18ClFN2O2. The van der Waals surface area contributed by atoms with Gasteiger partial charge in [0.15, 0.2) is 0 Å². The third-order valence-corrected chi connectivity index (χ3v) is 5.19. The van der Waals surface area contributed by atoms with Crippen LogP contribution in [0.1, 0.15) is 16.8 Å². The summed E-state index contributed by atoms with van der Waals surface area (Å²) in [6.45, 7) is 2.36. The summed E-state index contributed by atoms with van der Waals surface area (Å²) in [5.74, 6) is -1.18. The predicted molar refractivity (Wildman–Crippen MR) is 112 cm³/mol. The lowest BCUT2D eigenvalue weighted by Crippen LogP contribution is -2.07. The molecule has 0 radical (unpaired) electrons. The molecule has 0 fully saturated rings. The molecule has 0 saturated heterocycles. The average molecular weight is 409 g/mol. The number of benzene rings is 2. The third-order valence-electron chi connectivity index (χ3n) is 4.94. The van der Waals surface area contributed by atoms with Gasteiger partial charge < -0.3 is 9.67 Å². The van der Waals surface area contributed by atoms with Gasteiger partial charge in [-0.15, -0.1) is 0 Å². The lowest BCUT2D eigenvalue weighted by molar-refractivity contribution is -0.136. The summed E-state index contributed by atoms with van der Waals surface area (Å²) >= 11 is 6.04. The van der Waals surface area contributed by atoms with Gasteiger partial charge in [0.1, 0.15) is 11.5 Å².